The highest BCUT2D eigenvalue weighted by atomic mass is 14.5. The summed E-state index contributed by atoms with van der Waals surface area (Å²) >= 11 is 0. The molecule has 0 aliphatic carbocycles. The van der Waals surface area contributed by atoms with Crippen LogP contribution in [0.5, 0.6) is 0 Å². The third-order valence-corrected chi connectivity index (χ3v) is 5.44. The van der Waals surface area contributed by atoms with E-state index in [-0.39, 0.29) is 0 Å². The third-order valence-electron chi connectivity index (χ3n) is 5.44. The van der Waals surface area contributed by atoms with Gasteiger partial charge in [0.2, 0.25) is 0 Å². The van der Waals surface area contributed by atoms with Crippen LogP contribution in [-0.4, -0.2) is 0 Å². The van der Waals surface area contributed by atoms with E-state index in [0.29, 0.717) is 11.6 Å². The second kappa shape index (κ2) is 28.2. The summed E-state index contributed by atoms with van der Waals surface area (Å²) in [7, 11) is 0. The molecule has 35 heavy (non-hydrogen) atoms. The van der Waals surface area contributed by atoms with Crippen LogP contribution in [0.25, 0.3) is 5.57 Å². The molecular weight excluding hydrogens is 422 g/mol. The first-order chi connectivity index (χ1) is 16.4. The highest BCUT2D eigenvalue weighted by Crippen LogP contribution is 2.22. The molecule has 204 valence electrons. The van der Waals surface area contributed by atoms with Crippen LogP contribution in [0.1, 0.15) is 133 Å². The van der Waals surface area contributed by atoms with Gasteiger partial charge in [0.05, 0.1) is 0 Å². The molecule has 0 saturated carbocycles. The summed E-state index contributed by atoms with van der Waals surface area (Å²) in [6.07, 6.45) is 10.9. The Morgan fingerprint density at radius 1 is 0.914 bits per heavy atom. The van der Waals surface area contributed by atoms with Gasteiger partial charge in [-0.25, -0.2) is 0 Å². The van der Waals surface area contributed by atoms with Crippen molar-refractivity contribution < 1.29 is 0 Å². The van der Waals surface area contributed by atoms with Gasteiger partial charge in [0.1, 0.15) is 0 Å². The normalized spacial score (nSPS) is 11.4. The molecule has 0 aliphatic heterocycles. The van der Waals surface area contributed by atoms with E-state index in [9.17, 15) is 0 Å². The molecule has 0 spiro atoms. The highest BCUT2D eigenvalue weighted by Gasteiger charge is 2.02. The van der Waals surface area contributed by atoms with E-state index in [0.717, 1.165) is 18.3 Å². The zero-order valence-corrected chi connectivity index (χ0v) is 26.1. The smallest absolute Gasteiger partial charge is 0.00242 e. The van der Waals surface area contributed by atoms with E-state index in [1.807, 2.05) is 32.9 Å². The molecule has 0 saturated heterocycles. The second-order valence-electron chi connectivity index (χ2n) is 9.63. The van der Waals surface area contributed by atoms with Crippen molar-refractivity contribution in [3.8, 4) is 0 Å². The first-order valence-corrected chi connectivity index (χ1v) is 13.8. The lowest BCUT2D eigenvalue weighted by molar-refractivity contribution is 0.441. The van der Waals surface area contributed by atoms with Crippen LogP contribution in [-0.2, 0) is 0 Å². The fourth-order valence-electron chi connectivity index (χ4n) is 2.59. The zero-order valence-electron chi connectivity index (χ0n) is 26.1. The predicted molar refractivity (Wildman–Crippen MR) is 168 cm³/mol. The minimum absolute atomic E-state index is 0.621. The summed E-state index contributed by atoms with van der Waals surface area (Å²) in [6, 6.07) is 8.96. The molecular formula is C34H63N. The molecule has 1 aromatic rings. The van der Waals surface area contributed by atoms with Crippen LogP contribution in [0.2, 0.25) is 0 Å². The van der Waals surface area contributed by atoms with Crippen molar-refractivity contribution in [3.05, 3.63) is 78.0 Å². The lowest BCUT2D eigenvalue weighted by atomic mass is 9.97. The van der Waals surface area contributed by atoms with Gasteiger partial charge in [0, 0.05) is 0 Å². The Balaban J connectivity index is -0.000000204. The van der Waals surface area contributed by atoms with Gasteiger partial charge < -0.3 is 5.73 Å². The molecule has 1 unspecified atom stereocenters. The Hall–Kier alpha value is -2.02. The maximum Gasteiger partial charge on any atom is -0.00242 e. The number of benzene rings is 1. The van der Waals surface area contributed by atoms with Crippen LogP contribution in [0.15, 0.2) is 66.9 Å². The van der Waals surface area contributed by atoms with Crippen molar-refractivity contribution in [2.24, 2.45) is 17.6 Å². The summed E-state index contributed by atoms with van der Waals surface area (Å²) in [5.41, 5.74) is 11.3. The van der Waals surface area contributed by atoms with E-state index in [1.165, 1.54) is 41.5 Å². The van der Waals surface area contributed by atoms with Crippen LogP contribution in [0.4, 0.5) is 0 Å². The molecule has 1 nitrogen and oxygen atoms in total. The van der Waals surface area contributed by atoms with Gasteiger partial charge in [-0.15, -0.1) is 0 Å². The summed E-state index contributed by atoms with van der Waals surface area (Å²) in [6.45, 7) is 34.8. The average molecular weight is 486 g/mol. The van der Waals surface area contributed by atoms with Gasteiger partial charge in [-0.2, -0.15) is 0 Å². The molecule has 1 atom stereocenters. The van der Waals surface area contributed by atoms with Crippen LogP contribution in [0, 0.1) is 11.8 Å². The molecule has 0 bridgehead atoms. The molecule has 1 aromatic carbocycles. The maximum atomic E-state index is 4.92. The van der Waals surface area contributed by atoms with Gasteiger partial charge in [-0.05, 0) is 74.3 Å². The maximum absolute atomic E-state index is 4.92. The lowest BCUT2D eigenvalue weighted by Crippen LogP contribution is -1.95. The Labute approximate surface area is 222 Å². The monoisotopic (exact) mass is 485 g/mol. The van der Waals surface area contributed by atoms with Crippen LogP contribution >= 0.6 is 0 Å². The van der Waals surface area contributed by atoms with Crippen LogP contribution in [0.3, 0.4) is 0 Å². The largest absolute Gasteiger partial charge is 0.403 e. The van der Waals surface area contributed by atoms with Gasteiger partial charge in [-0.3, -0.25) is 0 Å². The predicted octanol–water partition coefficient (Wildman–Crippen LogP) is 11.7. The van der Waals surface area contributed by atoms with E-state index in [4.69, 9.17) is 5.73 Å². The van der Waals surface area contributed by atoms with Gasteiger partial charge in [0.15, 0.2) is 0 Å². The second-order valence-corrected chi connectivity index (χ2v) is 9.63. The summed E-state index contributed by atoms with van der Waals surface area (Å²) < 4.78 is 0. The SMILES string of the molecule is C=C(C)N.C=C/C=C\C.CC.CC/C(C)=C(/C)c1ccc(C(C)C)cc1.CCC(C)CCC(C)C. The molecule has 1 rings (SSSR count). The standard InChI is InChI=1S/C15H22.C9H20.C5H8.C3H7N.C2H6/c1-6-12(4)13(5)15-9-7-14(8-10-15)11(2)3;1-5-9(4)7-6-8(2)3;1-3-5-4-2;1-3(2)4;1-2/h7-11H,6H2,1-5H3;8-9H,5-7H2,1-4H3;3-5H,1H2,2H3;1,4H2,2H3;1-2H3/b13-12-;;5-4-;;. The van der Waals surface area contributed by atoms with Crippen molar-refractivity contribution in [2.45, 2.75) is 122 Å². The van der Waals surface area contributed by atoms with Crippen molar-refractivity contribution in [2.75, 3.05) is 0 Å². The summed E-state index contributed by atoms with van der Waals surface area (Å²) in [5.74, 6) is 2.45. The summed E-state index contributed by atoms with van der Waals surface area (Å²) in [5, 5.41) is 0. The third kappa shape index (κ3) is 29.9. The molecule has 0 aliphatic rings. The Morgan fingerprint density at radius 3 is 1.63 bits per heavy atom. The van der Waals surface area contributed by atoms with Crippen molar-refractivity contribution >= 4 is 5.57 Å². The molecule has 1 heteroatoms. The number of hydrogen-bond acceptors (Lipinski definition) is 1. The topological polar surface area (TPSA) is 26.0 Å². The number of rotatable bonds is 8. The lowest BCUT2D eigenvalue weighted by Gasteiger charge is -2.09. The number of hydrogen-bond donors (Lipinski definition) is 1. The summed E-state index contributed by atoms with van der Waals surface area (Å²) in [4.78, 5) is 0. The number of nitrogens with two attached hydrogens (primary N) is 1. The fraction of sp³-hybridized carbons (Fsp3) is 0.588. The van der Waals surface area contributed by atoms with E-state index in [2.05, 4.69) is 99.7 Å². The van der Waals surface area contributed by atoms with Crippen LogP contribution < -0.4 is 5.73 Å². The van der Waals surface area contributed by atoms with E-state index >= 15 is 0 Å². The average Bonchev–Trinajstić information content (AvgIpc) is 2.83. The minimum Gasteiger partial charge on any atom is -0.403 e. The minimum atomic E-state index is 0.621. The van der Waals surface area contributed by atoms with E-state index < -0.39 is 0 Å². The molecule has 0 fully saturated rings. The Bertz CT molecular complexity index is 652. The molecule has 0 amide bonds. The van der Waals surface area contributed by atoms with E-state index in [1.54, 1.807) is 13.0 Å². The Morgan fingerprint density at radius 2 is 1.37 bits per heavy atom. The molecule has 0 aromatic heterocycles. The van der Waals surface area contributed by atoms with Gasteiger partial charge in [-0.1, -0.05) is 143 Å². The highest BCUT2D eigenvalue weighted by molar-refractivity contribution is 5.66. The quantitative estimate of drug-likeness (QED) is 0.364. The van der Waals surface area contributed by atoms with Gasteiger partial charge in [0.25, 0.3) is 0 Å². The molecule has 0 heterocycles. The fourth-order valence-corrected chi connectivity index (χ4v) is 2.59. The van der Waals surface area contributed by atoms with Crippen molar-refractivity contribution in [1.82, 2.24) is 0 Å². The Kier molecular flexibility index (Phi) is 32.4. The van der Waals surface area contributed by atoms with Gasteiger partial charge >= 0.3 is 0 Å². The van der Waals surface area contributed by atoms with Crippen molar-refractivity contribution in [1.29, 1.82) is 0 Å². The first kappa shape index (κ1) is 40.2. The first-order valence-electron chi connectivity index (χ1n) is 13.8. The van der Waals surface area contributed by atoms with Crippen molar-refractivity contribution in [3.63, 3.8) is 0 Å². The zero-order chi connectivity index (χ0) is 28.4. The number of allylic oxidation sites excluding steroid dienone is 6. The molecule has 0 radical (unpaired) electrons. The molecule has 2 N–H and O–H groups in total.